The largest absolute Gasteiger partial charge is 0.478 e. The van der Waals surface area contributed by atoms with E-state index in [0.717, 1.165) is 59.5 Å². The second-order valence-corrected chi connectivity index (χ2v) is 7.98. The van der Waals surface area contributed by atoms with Gasteiger partial charge in [0.1, 0.15) is 0 Å². The van der Waals surface area contributed by atoms with Crippen LogP contribution in [-0.2, 0) is 24.2 Å². The molecule has 162 valence electrons. The second kappa shape index (κ2) is 9.29. The average molecular weight is 420 g/mol. The number of H-pyrrole nitrogens is 1. The highest BCUT2D eigenvalue weighted by Gasteiger charge is 2.26. The van der Waals surface area contributed by atoms with Gasteiger partial charge in [-0.25, -0.2) is 4.98 Å². The maximum atomic E-state index is 12.9. The van der Waals surface area contributed by atoms with Crippen LogP contribution < -0.4 is 10.1 Å². The van der Waals surface area contributed by atoms with Crippen molar-refractivity contribution in [2.24, 2.45) is 5.92 Å². The van der Waals surface area contributed by atoms with Gasteiger partial charge in [0, 0.05) is 34.8 Å². The summed E-state index contributed by atoms with van der Waals surface area (Å²) in [7, 11) is 0. The molecule has 4 rings (SSSR count). The number of amides is 1. The summed E-state index contributed by atoms with van der Waals surface area (Å²) < 4.78 is 5.88. The molecule has 2 heterocycles. The molecule has 1 amide bonds. The van der Waals surface area contributed by atoms with Crippen LogP contribution in [-0.4, -0.2) is 32.7 Å². The lowest BCUT2D eigenvalue weighted by Gasteiger charge is -2.14. The predicted octanol–water partition coefficient (Wildman–Crippen LogP) is 3.69. The van der Waals surface area contributed by atoms with Gasteiger partial charge in [-0.3, -0.25) is 9.89 Å². The first kappa shape index (κ1) is 21.0. The molecular formula is C24H29N5O2. The van der Waals surface area contributed by atoms with E-state index < -0.39 is 0 Å². The number of carbonyl (C=O) groups excluding carboxylic acids is 1. The third-order valence-corrected chi connectivity index (χ3v) is 5.93. The number of benzene rings is 1. The number of nitrogens with one attached hydrogen (secondary N) is 2. The fourth-order valence-electron chi connectivity index (χ4n) is 4.13. The van der Waals surface area contributed by atoms with Gasteiger partial charge in [-0.1, -0.05) is 30.3 Å². The Morgan fingerprint density at radius 3 is 2.65 bits per heavy atom. The molecule has 1 aromatic carbocycles. The number of hydrogen-bond donors (Lipinski definition) is 2. The molecule has 7 heteroatoms. The number of aryl methyl sites for hydroxylation is 3. The molecule has 0 radical (unpaired) electrons. The molecular weight excluding hydrogens is 390 g/mol. The Morgan fingerprint density at radius 2 is 1.94 bits per heavy atom. The van der Waals surface area contributed by atoms with Crippen molar-refractivity contribution in [1.82, 2.24) is 25.5 Å². The fourth-order valence-corrected chi connectivity index (χ4v) is 4.13. The molecule has 0 spiro atoms. The normalized spacial score (nSPS) is 15.8. The van der Waals surface area contributed by atoms with Gasteiger partial charge in [0.25, 0.3) is 0 Å². The molecule has 7 nitrogen and oxygen atoms in total. The molecule has 2 N–H and O–H groups in total. The van der Waals surface area contributed by atoms with E-state index in [9.17, 15) is 4.79 Å². The van der Waals surface area contributed by atoms with E-state index in [4.69, 9.17) is 14.7 Å². The van der Waals surface area contributed by atoms with Crippen LogP contribution in [0.25, 0.3) is 11.4 Å². The highest BCUT2D eigenvalue weighted by atomic mass is 16.5. The highest BCUT2D eigenvalue weighted by molar-refractivity contribution is 5.78. The third-order valence-electron chi connectivity index (χ3n) is 5.93. The monoisotopic (exact) mass is 419 g/mol. The number of ether oxygens (including phenoxy) is 1. The van der Waals surface area contributed by atoms with Crippen molar-refractivity contribution in [3.05, 3.63) is 58.5 Å². The Hall–Kier alpha value is -3.22. The number of aromatic amines is 1. The number of aromatic nitrogens is 4. The Balaban J connectivity index is 1.51. The van der Waals surface area contributed by atoms with E-state index >= 15 is 0 Å². The quantitative estimate of drug-likeness (QED) is 0.595. The summed E-state index contributed by atoms with van der Waals surface area (Å²) in [5.74, 6) is 1.35. The Morgan fingerprint density at radius 1 is 1.16 bits per heavy atom. The van der Waals surface area contributed by atoms with Crippen molar-refractivity contribution < 1.29 is 9.53 Å². The summed E-state index contributed by atoms with van der Waals surface area (Å²) >= 11 is 0. The van der Waals surface area contributed by atoms with Gasteiger partial charge in [0.05, 0.1) is 18.0 Å². The lowest BCUT2D eigenvalue weighted by molar-refractivity contribution is -0.125. The molecule has 0 saturated carbocycles. The van der Waals surface area contributed by atoms with Crippen LogP contribution in [0.1, 0.15) is 48.0 Å². The summed E-state index contributed by atoms with van der Waals surface area (Å²) in [6.07, 6.45) is 3.00. The molecule has 0 bridgehead atoms. The molecule has 1 unspecified atom stereocenters. The molecule has 2 aromatic heterocycles. The smallest absolute Gasteiger partial charge is 0.223 e. The van der Waals surface area contributed by atoms with E-state index in [-0.39, 0.29) is 11.8 Å². The van der Waals surface area contributed by atoms with Gasteiger partial charge >= 0.3 is 0 Å². The first-order valence-electron chi connectivity index (χ1n) is 10.9. The van der Waals surface area contributed by atoms with E-state index in [1.54, 1.807) is 0 Å². The van der Waals surface area contributed by atoms with Crippen LogP contribution in [0, 0.1) is 19.8 Å². The van der Waals surface area contributed by atoms with E-state index in [0.29, 0.717) is 24.9 Å². The minimum atomic E-state index is -0.0589. The van der Waals surface area contributed by atoms with Crippen LogP contribution in [0.2, 0.25) is 0 Å². The summed E-state index contributed by atoms with van der Waals surface area (Å²) in [6.45, 7) is 6.93. The van der Waals surface area contributed by atoms with Crippen LogP contribution in [0.3, 0.4) is 0 Å². The number of nitrogens with zero attached hydrogens (tertiary/aromatic N) is 3. The standard InChI is InChI=1S/C24H29N5O2/c1-4-31-24-19-12-10-18(23(30)25-14-20-15(2)28-29-16(20)3)11-13-21(19)26-22(27-24)17-8-6-5-7-9-17/h5-9,18H,4,10-14H2,1-3H3,(H,25,30)(H,28,29). The predicted molar refractivity (Wildman–Crippen MR) is 119 cm³/mol. The van der Waals surface area contributed by atoms with Crippen molar-refractivity contribution in [3.63, 3.8) is 0 Å². The molecule has 0 saturated heterocycles. The van der Waals surface area contributed by atoms with Gasteiger partial charge in [0.15, 0.2) is 5.82 Å². The van der Waals surface area contributed by atoms with Crippen LogP contribution in [0.5, 0.6) is 5.88 Å². The second-order valence-electron chi connectivity index (χ2n) is 7.98. The van der Waals surface area contributed by atoms with E-state index in [2.05, 4.69) is 15.5 Å². The topological polar surface area (TPSA) is 92.8 Å². The zero-order valence-corrected chi connectivity index (χ0v) is 18.4. The number of rotatable bonds is 6. The van der Waals surface area contributed by atoms with E-state index in [1.807, 2.05) is 51.1 Å². The van der Waals surface area contributed by atoms with Crippen molar-refractivity contribution in [3.8, 4) is 17.3 Å². The average Bonchev–Trinajstić information content (AvgIpc) is 2.97. The third kappa shape index (κ3) is 4.60. The Kier molecular flexibility index (Phi) is 6.30. The van der Waals surface area contributed by atoms with Crippen molar-refractivity contribution in [1.29, 1.82) is 0 Å². The summed E-state index contributed by atoms with van der Waals surface area (Å²) in [4.78, 5) is 22.5. The van der Waals surface area contributed by atoms with Crippen LogP contribution in [0.4, 0.5) is 0 Å². The molecule has 1 aliphatic rings. The minimum absolute atomic E-state index is 0.0589. The zero-order chi connectivity index (χ0) is 21.8. The molecule has 1 aliphatic carbocycles. The Labute approximate surface area is 182 Å². The molecule has 0 aliphatic heterocycles. The SMILES string of the molecule is CCOc1nc(-c2ccccc2)nc2c1CCC(C(=O)NCc1c(C)n[nH]c1C)CC2. The van der Waals surface area contributed by atoms with Crippen molar-refractivity contribution in [2.75, 3.05) is 6.61 Å². The highest BCUT2D eigenvalue weighted by Crippen LogP contribution is 2.31. The zero-order valence-electron chi connectivity index (χ0n) is 18.4. The molecule has 31 heavy (non-hydrogen) atoms. The fraction of sp³-hybridized carbons (Fsp3) is 0.417. The minimum Gasteiger partial charge on any atom is -0.478 e. The molecule has 0 fully saturated rings. The van der Waals surface area contributed by atoms with Gasteiger partial charge in [-0.15, -0.1) is 0 Å². The van der Waals surface area contributed by atoms with Crippen LogP contribution in [0.15, 0.2) is 30.3 Å². The first-order valence-corrected chi connectivity index (χ1v) is 10.9. The summed E-state index contributed by atoms with van der Waals surface area (Å²) in [6, 6.07) is 9.95. The first-order chi connectivity index (χ1) is 15.1. The maximum absolute atomic E-state index is 12.9. The lowest BCUT2D eigenvalue weighted by Crippen LogP contribution is -2.30. The maximum Gasteiger partial charge on any atom is 0.223 e. The number of hydrogen-bond acceptors (Lipinski definition) is 5. The van der Waals surface area contributed by atoms with Crippen molar-refractivity contribution in [2.45, 2.75) is 53.0 Å². The van der Waals surface area contributed by atoms with Gasteiger partial charge < -0.3 is 10.1 Å². The molecule has 1 atom stereocenters. The van der Waals surface area contributed by atoms with Gasteiger partial charge in [-0.05, 0) is 46.5 Å². The molecule has 3 aromatic rings. The summed E-state index contributed by atoms with van der Waals surface area (Å²) in [5, 5.41) is 10.3. The van der Waals surface area contributed by atoms with Crippen LogP contribution >= 0.6 is 0 Å². The summed E-state index contributed by atoms with van der Waals surface area (Å²) in [5.41, 5.74) is 5.98. The Bertz CT molecular complexity index is 1040. The van der Waals surface area contributed by atoms with Gasteiger partial charge in [0.2, 0.25) is 11.8 Å². The van der Waals surface area contributed by atoms with E-state index in [1.165, 1.54) is 0 Å². The van der Waals surface area contributed by atoms with Crippen molar-refractivity contribution >= 4 is 5.91 Å². The number of carbonyl (C=O) groups is 1. The lowest BCUT2D eigenvalue weighted by atomic mass is 9.98. The number of fused-ring (bicyclic) bond motifs is 1. The van der Waals surface area contributed by atoms with Gasteiger partial charge in [-0.2, -0.15) is 10.1 Å².